The summed E-state index contributed by atoms with van der Waals surface area (Å²) in [5, 5.41) is 0. The molecule has 2 amide bonds. The van der Waals surface area contributed by atoms with E-state index in [9.17, 15) is 18.4 Å². The van der Waals surface area contributed by atoms with E-state index in [2.05, 4.69) is 0 Å². The number of nitrogens with zero attached hydrogens (tertiary/aromatic N) is 2. The highest BCUT2D eigenvalue weighted by atomic mass is 19.3. The van der Waals surface area contributed by atoms with Gasteiger partial charge in [0.2, 0.25) is 5.91 Å². The zero-order valence-electron chi connectivity index (χ0n) is 14.1. The monoisotopic (exact) mass is 346 g/mol. The van der Waals surface area contributed by atoms with Crippen LogP contribution in [-0.4, -0.2) is 48.7 Å². The van der Waals surface area contributed by atoms with Crippen LogP contribution in [0.3, 0.4) is 0 Å². The second kappa shape index (κ2) is 8.37. The molecular weight excluding hydrogens is 326 g/mol. The summed E-state index contributed by atoms with van der Waals surface area (Å²) in [5.41, 5.74) is 1.32. The first-order valence-electron chi connectivity index (χ1n) is 7.80. The molecule has 0 unspecified atom stereocenters. The van der Waals surface area contributed by atoms with Gasteiger partial charge in [0.05, 0.1) is 6.04 Å². The Labute approximate surface area is 145 Å². The second-order valence-corrected chi connectivity index (χ2v) is 5.78. The van der Waals surface area contributed by atoms with Gasteiger partial charge in [0.25, 0.3) is 5.91 Å². The Kier molecular flexibility index (Phi) is 6.22. The molecule has 0 aliphatic heterocycles. The molecule has 2 aromatic carbocycles. The maximum Gasteiger partial charge on any atom is 0.315 e. The van der Waals surface area contributed by atoms with Gasteiger partial charge in [0.1, 0.15) is 6.54 Å². The number of likely N-dealkylation sites (N-methyl/N-ethyl adjacent to an activating group) is 1. The first kappa shape index (κ1) is 18.6. The van der Waals surface area contributed by atoms with Gasteiger partial charge in [-0.15, -0.1) is 0 Å². The fraction of sp³-hybridized carbons (Fsp3) is 0.263. The summed E-state index contributed by atoms with van der Waals surface area (Å²) >= 11 is 0. The van der Waals surface area contributed by atoms with Gasteiger partial charge in [-0.1, -0.05) is 60.7 Å². The number of hydrogen-bond acceptors (Lipinski definition) is 2. The van der Waals surface area contributed by atoms with Gasteiger partial charge in [-0.3, -0.25) is 9.59 Å². The molecule has 2 aromatic rings. The van der Waals surface area contributed by atoms with Crippen molar-refractivity contribution in [2.45, 2.75) is 12.5 Å². The number of rotatable bonds is 6. The molecule has 0 spiro atoms. The van der Waals surface area contributed by atoms with Crippen molar-refractivity contribution in [1.82, 2.24) is 9.80 Å². The molecule has 0 aliphatic carbocycles. The molecule has 0 N–H and O–H groups in total. The van der Waals surface area contributed by atoms with Gasteiger partial charge in [0.15, 0.2) is 0 Å². The molecule has 0 aliphatic rings. The van der Waals surface area contributed by atoms with E-state index in [1.165, 1.54) is 19.0 Å². The lowest BCUT2D eigenvalue weighted by atomic mass is 9.96. The van der Waals surface area contributed by atoms with Crippen molar-refractivity contribution < 1.29 is 18.4 Å². The van der Waals surface area contributed by atoms with Crippen LogP contribution in [0.1, 0.15) is 17.2 Å². The smallest absolute Gasteiger partial charge is 0.315 e. The predicted octanol–water partition coefficient (Wildman–Crippen LogP) is 2.96. The van der Waals surface area contributed by atoms with Crippen LogP contribution < -0.4 is 0 Å². The number of carbonyl (C=O) groups excluding carboxylic acids is 2. The molecule has 132 valence electrons. The normalized spacial score (nSPS) is 10.8. The van der Waals surface area contributed by atoms with Crippen molar-refractivity contribution in [1.29, 1.82) is 0 Å². The molecule has 0 heterocycles. The lowest BCUT2D eigenvalue weighted by Crippen LogP contribution is -2.45. The third kappa shape index (κ3) is 4.62. The predicted molar refractivity (Wildman–Crippen MR) is 91.1 cm³/mol. The van der Waals surface area contributed by atoms with E-state index >= 15 is 0 Å². The van der Waals surface area contributed by atoms with Crippen molar-refractivity contribution in [2.24, 2.45) is 0 Å². The van der Waals surface area contributed by atoms with E-state index in [0.29, 0.717) is 11.1 Å². The quantitative estimate of drug-likeness (QED) is 0.807. The van der Waals surface area contributed by atoms with E-state index in [-0.39, 0.29) is 0 Å². The summed E-state index contributed by atoms with van der Waals surface area (Å²) in [7, 11) is 3.04. The Balaban J connectivity index is 2.52. The van der Waals surface area contributed by atoms with Gasteiger partial charge >= 0.3 is 6.43 Å². The zero-order chi connectivity index (χ0) is 18.4. The molecule has 0 radical (unpaired) electrons. The fourth-order valence-corrected chi connectivity index (χ4v) is 2.53. The van der Waals surface area contributed by atoms with Gasteiger partial charge in [-0.25, -0.2) is 0 Å². The highest BCUT2D eigenvalue weighted by Crippen LogP contribution is 2.29. The van der Waals surface area contributed by atoms with Crippen LogP contribution in [0.25, 0.3) is 0 Å². The number of alkyl halides is 2. The van der Waals surface area contributed by atoms with Gasteiger partial charge in [-0.05, 0) is 11.1 Å². The van der Waals surface area contributed by atoms with E-state index in [4.69, 9.17) is 0 Å². The zero-order valence-corrected chi connectivity index (χ0v) is 14.1. The average Bonchev–Trinajstić information content (AvgIpc) is 2.62. The van der Waals surface area contributed by atoms with Crippen LogP contribution in [-0.2, 0) is 9.59 Å². The third-order valence-corrected chi connectivity index (χ3v) is 3.82. The second-order valence-electron chi connectivity index (χ2n) is 5.78. The van der Waals surface area contributed by atoms with E-state index in [1.54, 1.807) is 60.7 Å². The Bertz CT molecular complexity index is 666. The van der Waals surface area contributed by atoms with Gasteiger partial charge in [-0.2, -0.15) is 8.78 Å². The van der Waals surface area contributed by atoms with Crippen LogP contribution >= 0.6 is 0 Å². The Morgan fingerprint density at radius 1 is 0.880 bits per heavy atom. The number of benzene rings is 2. The molecule has 0 fully saturated rings. The third-order valence-electron chi connectivity index (χ3n) is 3.82. The molecule has 0 aromatic heterocycles. The summed E-state index contributed by atoms with van der Waals surface area (Å²) < 4.78 is 26.4. The Hall–Kier alpha value is -2.76. The molecule has 0 atom stereocenters. The minimum absolute atomic E-state index is 0.425. The highest BCUT2D eigenvalue weighted by molar-refractivity contribution is 5.86. The van der Waals surface area contributed by atoms with Crippen molar-refractivity contribution in [3.05, 3.63) is 71.8 Å². The topological polar surface area (TPSA) is 40.6 Å². The van der Waals surface area contributed by atoms with Crippen molar-refractivity contribution >= 4 is 11.8 Å². The molecular formula is C19H20F2N2O2. The first-order chi connectivity index (χ1) is 11.9. The number of amides is 2. The lowest BCUT2D eigenvalue weighted by Gasteiger charge is -2.32. The maximum atomic E-state index is 13.2. The molecule has 6 heteroatoms. The molecule has 0 bridgehead atoms. The minimum Gasteiger partial charge on any atom is -0.347 e. The van der Waals surface area contributed by atoms with Crippen molar-refractivity contribution in [3.63, 3.8) is 0 Å². The molecule has 2 rings (SSSR count). The van der Waals surface area contributed by atoms with E-state index < -0.39 is 30.8 Å². The SMILES string of the molecule is CN(C)C(=O)CN(C(=O)C(F)F)C(c1ccccc1)c1ccccc1. The standard InChI is InChI=1S/C19H20F2N2O2/c1-22(2)16(24)13-23(19(25)18(20)21)17(14-9-5-3-6-10-14)15-11-7-4-8-12-15/h3-12,17-18H,13H2,1-2H3. The Morgan fingerprint density at radius 3 is 1.68 bits per heavy atom. The molecule has 0 saturated heterocycles. The molecule has 0 saturated carbocycles. The minimum atomic E-state index is -3.19. The summed E-state index contributed by atoms with van der Waals surface area (Å²) in [6, 6.07) is 16.9. The largest absolute Gasteiger partial charge is 0.347 e. The molecule has 25 heavy (non-hydrogen) atoms. The van der Waals surface area contributed by atoms with Gasteiger partial charge < -0.3 is 9.80 Å². The fourth-order valence-electron chi connectivity index (χ4n) is 2.53. The summed E-state index contributed by atoms with van der Waals surface area (Å²) in [6.45, 7) is -0.426. The maximum absolute atomic E-state index is 13.2. The van der Waals surface area contributed by atoms with Crippen molar-refractivity contribution in [2.75, 3.05) is 20.6 Å². The summed E-state index contributed by atoms with van der Waals surface area (Å²) in [6.07, 6.45) is -3.19. The van der Waals surface area contributed by atoms with Crippen LogP contribution in [0, 0.1) is 0 Å². The van der Waals surface area contributed by atoms with Crippen LogP contribution in [0.15, 0.2) is 60.7 Å². The van der Waals surface area contributed by atoms with Crippen LogP contribution in [0.2, 0.25) is 0 Å². The summed E-state index contributed by atoms with van der Waals surface area (Å²) in [4.78, 5) is 26.5. The first-order valence-corrected chi connectivity index (χ1v) is 7.80. The Morgan fingerprint density at radius 2 is 1.32 bits per heavy atom. The van der Waals surface area contributed by atoms with Crippen LogP contribution in [0.4, 0.5) is 8.78 Å². The number of hydrogen-bond donors (Lipinski definition) is 0. The molecule has 4 nitrogen and oxygen atoms in total. The summed E-state index contributed by atoms with van der Waals surface area (Å²) in [5.74, 6) is -1.79. The van der Waals surface area contributed by atoms with E-state index in [1.807, 2.05) is 0 Å². The highest BCUT2D eigenvalue weighted by Gasteiger charge is 2.33. The van der Waals surface area contributed by atoms with Crippen molar-refractivity contribution in [3.8, 4) is 0 Å². The number of halogens is 2. The van der Waals surface area contributed by atoms with Crippen LogP contribution in [0.5, 0.6) is 0 Å². The van der Waals surface area contributed by atoms with Gasteiger partial charge in [0, 0.05) is 14.1 Å². The average molecular weight is 346 g/mol. The lowest BCUT2D eigenvalue weighted by molar-refractivity contribution is -0.149. The number of carbonyl (C=O) groups is 2. The van der Waals surface area contributed by atoms with E-state index in [0.717, 1.165) is 4.90 Å².